The number of phenols is 1. The number of amides is 1. The van der Waals surface area contributed by atoms with E-state index >= 15 is 0 Å². The number of nitrogens with zero attached hydrogens (tertiary/aromatic N) is 3. The molecule has 7 heteroatoms. The lowest BCUT2D eigenvalue weighted by Gasteiger charge is -2.64. The number of aromatic hydroxyl groups is 1. The minimum atomic E-state index is -1.09. The maximum atomic E-state index is 13.8. The highest BCUT2D eigenvalue weighted by Gasteiger charge is 2.66. The highest BCUT2D eigenvalue weighted by atomic mass is 16.3. The van der Waals surface area contributed by atoms with Crippen molar-refractivity contribution in [2.24, 2.45) is 11.8 Å². The largest absolute Gasteiger partial charge is 0.508 e. The summed E-state index contributed by atoms with van der Waals surface area (Å²) in [4.78, 5) is 34.0. The van der Waals surface area contributed by atoms with Crippen LogP contribution in [0.4, 0.5) is 0 Å². The Labute approximate surface area is 236 Å². The number of piperidine rings is 1. The van der Waals surface area contributed by atoms with Gasteiger partial charge in [-0.1, -0.05) is 36.4 Å². The van der Waals surface area contributed by atoms with Gasteiger partial charge < -0.3 is 15.1 Å². The van der Waals surface area contributed by atoms with Crippen LogP contribution in [-0.4, -0.2) is 87.5 Å². The van der Waals surface area contributed by atoms with E-state index in [-0.39, 0.29) is 36.3 Å². The average molecular weight is 544 g/mol. The summed E-state index contributed by atoms with van der Waals surface area (Å²) >= 11 is 0. The van der Waals surface area contributed by atoms with Gasteiger partial charge in [-0.15, -0.1) is 0 Å². The summed E-state index contributed by atoms with van der Waals surface area (Å²) in [6.45, 7) is 5.74. The minimum absolute atomic E-state index is 0.0334. The van der Waals surface area contributed by atoms with E-state index in [0.29, 0.717) is 31.8 Å². The fourth-order valence-electron chi connectivity index (χ4n) is 8.36. The van der Waals surface area contributed by atoms with Crippen LogP contribution in [0, 0.1) is 11.8 Å². The number of phenolic OH excluding ortho intramolecular Hbond substituents is 1. The molecule has 0 unspecified atom stereocenters. The molecular formula is C33H41N3O4. The first-order valence-electron chi connectivity index (χ1n) is 15.2. The average Bonchev–Trinajstić information content (AvgIpc) is 3.77. The molecule has 0 radical (unpaired) electrons. The third-order valence-corrected chi connectivity index (χ3v) is 10.7. The molecule has 2 aromatic carbocycles. The van der Waals surface area contributed by atoms with Crippen molar-refractivity contribution in [3.63, 3.8) is 0 Å². The molecule has 3 aliphatic carbocycles. The molecule has 2 N–H and O–H groups in total. The van der Waals surface area contributed by atoms with Crippen LogP contribution >= 0.6 is 0 Å². The SMILES string of the molecule is O=C1C[C@]23CCN(CC4CC4)[C@H](Cc4ccc(O)cc42)[C@]3(O)C[C@@H]1CC(=O)N1CCN(Cc2ccccc2)CC1. The Bertz CT molecular complexity index is 1290. The molecule has 0 aromatic heterocycles. The van der Waals surface area contributed by atoms with E-state index < -0.39 is 16.9 Å². The van der Waals surface area contributed by atoms with E-state index in [0.717, 1.165) is 50.3 Å². The number of carbonyl (C=O) groups is 2. The lowest BCUT2D eigenvalue weighted by atomic mass is 9.47. The summed E-state index contributed by atoms with van der Waals surface area (Å²) in [5.74, 6) is 0.554. The van der Waals surface area contributed by atoms with E-state index in [1.807, 2.05) is 17.0 Å². The second-order valence-corrected chi connectivity index (χ2v) is 13.1. The predicted octanol–water partition coefficient (Wildman–Crippen LogP) is 3.12. The maximum absolute atomic E-state index is 13.8. The van der Waals surface area contributed by atoms with Crippen molar-refractivity contribution in [1.29, 1.82) is 0 Å². The number of aliphatic hydroxyl groups is 1. The van der Waals surface area contributed by atoms with Crippen LogP contribution in [0.5, 0.6) is 5.75 Å². The number of hydrogen-bond acceptors (Lipinski definition) is 6. The van der Waals surface area contributed by atoms with Gasteiger partial charge in [0.15, 0.2) is 0 Å². The zero-order valence-electron chi connectivity index (χ0n) is 23.3. The summed E-state index contributed by atoms with van der Waals surface area (Å²) in [5.41, 5.74) is 1.59. The Morgan fingerprint density at radius 1 is 1.00 bits per heavy atom. The molecule has 0 spiro atoms. The Hall–Kier alpha value is -2.74. The summed E-state index contributed by atoms with van der Waals surface area (Å²) in [6.07, 6.45) is 4.69. The first kappa shape index (κ1) is 26.2. The first-order chi connectivity index (χ1) is 19.3. The molecule has 4 atom stereocenters. The van der Waals surface area contributed by atoms with Crippen LogP contribution < -0.4 is 0 Å². The number of Topliss-reactive ketones (excluding diaryl/α,β-unsaturated/α-hetero) is 1. The molecule has 40 heavy (non-hydrogen) atoms. The zero-order chi connectivity index (χ0) is 27.5. The standard InChI is InChI=1S/C33H41N3O4/c37-27-9-8-25-16-30-33(40)19-26(17-31(39)35-14-12-34(13-15-35)21-23-4-2-1-3-5-23)29(38)20-32(33,28(25)18-27)10-11-36(30)22-24-6-7-24/h1-5,8-9,18,24,26,30,37,40H,6-7,10-17,19-22H2/t26-,30+,32+,33+/m0/s1. The lowest BCUT2D eigenvalue weighted by molar-refractivity contribution is -0.183. The van der Waals surface area contributed by atoms with E-state index in [1.165, 1.54) is 18.4 Å². The zero-order valence-corrected chi connectivity index (χ0v) is 23.3. The Morgan fingerprint density at radius 3 is 2.52 bits per heavy atom. The second-order valence-electron chi connectivity index (χ2n) is 13.1. The van der Waals surface area contributed by atoms with Gasteiger partial charge in [-0.2, -0.15) is 0 Å². The fourth-order valence-corrected chi connectivity index (χ4v) is 8.36. The number of hydrogen-bond donors (Lipinski definition) is 2. The summed E-state index contributed by atoms with van der Waals surface area (Å²) in [6, 6.07) is 15.9. The number of rotatable bonds is 6. The molecular weight excluding hydrogens is 502 g/mol. The van der Waals surface area contributed by atoms with Crippen LogP contribution in [0.15, 0.2) is 48.5 Å². The smallest absolute Gasteiger partial charge is 0.223 e. The van der Waals surface area contributed by atoms with E-state index in [2.05, 4.69) is 34.1 Å². The van der Waals surface area contributed by atoms with Crippen LogP contribution in [0.3, 0.4) is 0 Å². The molecule has 2 saturated heterocycles. The third kappa shape index (κ3) is 4.47. The van der Waals surface area contributed by atoms with Crippen LogP contribution in [0.2, 0.25) is 0 Å². The number of piperazine rings is 1. The van der Waals surface area contributed by atoms with Crippen LogP contribution in [-0.2, 0) is 28.0 Å². The van der Waals surface area contributed by atoms with Gasteiger partial charge in [-0.25, -0.2) is 0 Å². The molecule has 212 valence electrons. The minimum Gasteiger partial charge on any atom is -0.508 e. The van der Waals surface area contributed by atoms with E-state index in [9.17, 15) is 19.8 Å². The molecule has 4 fully saturated rings. The van der Waals surface area contributed by atoms with Crippen molar-refractivity contribution in [1.82, 2.24) is 14.7 Å². The number of carbonyl (C=O) groups excluding carboxylic acids is 2. The topological polar surface area (TPSA) is 84.3 Å². The van der Waals surface area contributed by atoms with Crippen molar-refractivity contribution in [3.8, 4) is 5.75 Å². The molecule has 1 amide bonds. The molecule has 2 aliphatic heterocycles. The lowest BCUT2D eigenvalue weighted by Crippen LogP contribution is -2.74. The molecule has 2 saturated carbocycles. The summed E-state index contributed by atoms with van der Waals surface area (Å²) < 4.78 is 0. The maximum Gasteiger partial charge on any atom is 0.223 e. The monoisotopic (exact) mass is 543 g/mol. The van der Waals surface area contributed by atoms with E-state index in [4.69, 9.17) is 0 Å². The molecule has 2 aromatic rings. The van der Waals surface area contributed by atoms with Crippen molar-refractivity contribution in [2.45, 2.75) is 68.5 Å². The van der Waals surface area contributed by atoms with Crippen molar-refractivity contribution >= 4 is 11.7 Å². The molecule has 2 bridgehead atoms. The third-order valence-electron chi connectivity index (χ3n) is 10.7. The van der Waals surface area contributed by atoms with Gasteiger partial charge in [-0.05, 0) is 73.4 Å². The van der Waals surface area contributed by atoms with Gasteiger partial charge in [0.2, 0.25) is 5.91 Å². The van der Waals surface area contributed by atoms with Crippen molar-refractivity contribution < 1.29 is 19.8 Å². The number of ketones is 1. The molecule has 5 aliphatic rings. The van der Waals surface area contributed by atoms with Crippen molar-refractivity contribution in [3.05, 3.63) is 65.2 Å². The van der Waals surface area contributed by atoms with Crippen LogP contribution in [0.25, 0.3) is 0 Å². The summed E-state index contributed by atoms with van der Waals surface area (Å²) in [5, 5.41) is 23.1. The quantitative estimate of drug-likeness (QED) is 0.583. The Morgan fingerprint density at radius 2 is 1.77 bits per heavy atom. The Balaban J connectivity index is 1.08. The van der Waals surface area contributed by atoms with Gasteiger partial charge in [0.05, 0.1) is 5.60 Å². The van der Waals surface area contributed by atoms with Gasteiger partial charge in [0.1, 0.15) is 11.5 Å². The highest BCUT2D eigenvalue weighted by Crippen LogP contribution is 2.59. The van der Waals surface area contributed by atoms with E-state index in [1.54, 1.807) is 12.1 Å². The van der Waals surface area contributed by atoms with Gasteiger partial charge in [0, 0.05) is 69.5 Å². The second kappa shape index (κ2) is 9.97. The van der Waals surface area contributed by atoms with Gasteiger partial charge in [-0.3, -0.25) is 19.4 Å². The predicted molar refractivity (Wildman–Crippen MR) is 152 cm³/mol. The number of benzene rings is 2. The normalized spacial score (nSPS) is 32.4. The molecule has 7 nitrogen and oxygen atoms in total. The van der Waals surface area contributed by atoms with Gasteiger partial charge in [0.25, 0.3) is 0 Å². The highest BCUT2D eigenvalue weighted by molar-refractivity contribution is 5.89. The first-order valence-corrected chi connectivity index (χ1v) is 15.2. The fraction of sp³-hybridized carbons (Fsp3) is 0.576. The van der Waals surface area contributed by atoms with Gasteiger partial charge >= 0.3 is 0 Å². The molecule has 2 heterocycles. The van der Waals surface area contributed by atoms with Crippen molar-refractivity contribution in [2.75, 3.05) is 39.3 Å². The number of fused-ring (bicyclic) bond motifs is 1. The Kier molecular flexibility index (Phi) is 6.52. The number of likely N-dealkylation sites (tertiary alicyclic amines) is 1. The van der Waals surface area contributed by atoms with Crippen LogP contribution in [0.1, 0.15) is 55.2 Å². The summed E-state index contributed by atoms with van der Waals surface area (Å²) in [7, 11) is 0. The molecule has 7 rings (SSSR count).